The fraction of sp³-hybridized carbons (Fsp3) is 0.812. The van der Waals surface area contributed by atoms with Crippen LogP contribution in [-0.4, -0.2) is 17.4 Å². The van der Waals surface area contributed by atoms with Crippen LogP contribution < -0.4 is 0 Å². The Hall–Kier alpha value is -0.990. The molecule has 0 spiro atoms. The fourth-order valence-electron chi connectivity index (χ4n) is 1.86. The van der Waals surface area contributed by atoms with Gasteiger partial charge in [-0.15, -0.1) is 0 Å². The van der Waals surface area contributed by atoms with Gasteiger partial charge >= 0.3 is 6.16 Å². The van der Waals surface area contributed by atoms with Gasteiger partial charge < -0.3 is 9.47 Å². The van der Waals surface area contributed by atoms with Gasteiger partial charge in [0, 0.05) is 0 Å². The Labute approximate surface area is 118 Å². The van der Waals surface area contributed by atoms with Crippen molar-refractivity contribution in [3.63, 3.8) is 0 Å². The van der Waals surface area contributed by atoms with Crippen LogP contribution >= 0.6 is 0 Å². The van der Waals surface area contributed by atoms with E-state index in [2.05, 4.69) is 20.4 Å². The third-order valence-corrected chi connectivity index (χ3v) is 2.96. The van der Waals surface area contributed by atoms with Crippen LogP contribution in [0.2, 0.25) is 0 Å². The molecule has 0 N–H and O–H groups in total. The molecule has 0 aromatic heterocycles. The molecule has 3 heteroatoms. The Morgan fingerprint density at radius 3 is 1.84 bits per heavy atom. The topological polar surface area (TPSA) is 35.5 Å². The molecule has 0 aliphatic heterocycles. The summed E-state index contributed by atoms with van der Waals surface area (Å²) >= 11 is 0. The summed E-state index contributed by atoms with van der Waals surface area (Å²) in [4.78, 5) is 11.9. The maximum absolute atomic E-state index is 11.9. The van der Waals surface area contributed by atoms with Crippen LogP contribution in [0.3, 0.4) is 0 Å². The molecule has 0 aliphatic carbocycles. The summed E-state index contributed by atoms with van der Waals surface area (Å²) in [7, 11) is 0. The van der Waals surface area contributed by atoms with Crippen LogP contribution in [0.25, 0.3) is 0 Å². The predicted octanol–water partition coefficient (Wildman–Crippen LogP) is 5.24. The van der Waals surface area contributed by atoms with Crippen LogP contribution in [0.1, 0.15) is 73.1 Å². The molecule has 0 heterocycles. The van der Waals surface area contributed by atoms with E-state index < -0.39 is 17.4 Å². The lowest BCUT2D eigenvalue weighted by Gasteiger charge is -2.31. The standard InChI is InChI=1S/C16H30O3/c1-7-10-12-16(9-3,13-11-8-2)19-14(17)18-15(4,5)6/h9H,3,7-8,10-13H2,1-2,4-6H3. The van der Waals surface area contributed by atoms with E-state index in [1.165, 1.54) is 0 Å². The second-order valence-corrected chi connectivity index (χ2v) is 6.04. The number of carbonyl (C=O) groups excluding carboxylic acids is 1. The van der Waals surface area contributed by atoms with Crippen molar-refractivity contribution < 1.29 is 14.3 Å². The van der Waals surface area contributed by atoms with E-state index in [0.29, 0.717) is 0 Å². The van der Waals surface area contributed by atoms with Crippen molar-refractivity contribution in [2.45, 2.75) is 84.3 Å². The molecule has 112 valence electrons. The molecule has 0 amide bonds. The minimum absolute atomic E-state index is 0.528. The molecule has 0 saturated heterocycles. The highest BCUT2D eigenvalue weighted by Crippen LogP contribution is 2.28. The first kappa shape index (κ1) is 18.0. The van der Waals surface area contributed by atoms with Gasteiger partial charge in [-0.05, 0) is 52.5 Å². The van der Waals surface area contributed by atoms with E-state index in [1.807, 2.05) is 20.8 Å². The molecule has 0 bridgehead atoms. The first-order chi connectivity index (χ1) is 8.78. The molecule has 0 aromatic carbocycles. The fourth-order valence-corrected chi connectivity index (χ4v) is 1.86. The molecule has 0 atom stereocenters. The molecule has 0 aromatic rings. The number of rotatable bonds is 8. The van der Waals surface area contributed by atoms with Gasteiger partial charge in [0.15, 0.2) is 0 Å². The Morgan fingerprint density at radius 2 is 1.53 bits per heavy atom. The van der Waals surface area contributed by atoms with Crippen LogP contribution in [0.5, 0.6) is 0 Å². The lowest BCUT2D eigenvalue weighted by atomic mass is 9.91. The van der Waals surface area contributed by atoms with E-state index in [-0.39, 0.29) is 0 Å². The Bertz CT molecular complexity index is 268. The highest BCUT2D eigenvalue weighted by Gasteiger charge is 2.32. The van der Waals surface area contributed by atoms with Crippen LogP contribution in [-0.2, 0) is 9.47 Å². The van der Waals surface area contributed by atoms with Gasteiger partial charge in [0.05, 0.1) is 0 Å². The van der Waals surface area contributed by atoms with Crippen molar-refractivity contribution >= 4 is 6.16 Å². The third-order valence-electron chi connectivity index (χ3n) is 2.96. The molecule has 0 fully saturated rings. The SMILES string of the molecule is C=CC(CCCC)(CCCC)OC(=O)OC(C)(C)C. The zero-order valence-corrected chi connectivity index (χ0v) is 13.3. The molecule has 0 unspecified atom stereocenters. The van der Waals surface area contributed by atoms with Crippen molar-refractivity contribution in [3.05, 3.63) is 12.7 Å². The summed E-state index contributed by atoms with van der Waals surface area (Å²) in [6.45, 7) is 13.6. The van der Waals surface area contributed by atoms with Gasteiger partial charge in [-0.3, -0.25) is 0 Å². The maximum atomic E-state index is 11.9. The molecule has 0 aliphatic rings. The molecular weight excluding hydrogens is 240 g/mol. The highest BCUT2D eigenvalue weighted by molar-refractivity contribution is 5.61. The normalized spacial score (nSPS) is 12.1. The average Bonchev–Trinajstić information content (AvgIpc) is 2.30. The van der Waals surface area contributed by atoms with E-state index >= 15 is 0 Å². The van der Waals surface area contributed by atoms with E-state index in [9.17, 15) is 4.79 Å². The van der Waals surface area contributed by atoms with Crippen molar-refractivity contribution in [1.82, 2.24) is 0 Å². The number of unbranched alkanes of at least 4 members (excludes halogenated alkanes) is 2. The lowest BCUT2D eigenvalue weighted by molar-refractivity contribution is -0.0552. The first-order valence-corrected chi connectivity index (χ1v) is 7.34. The van der Waals surface area contributed by atoms with E-state index in [1.54, 1.807) is 6.08 Å². The van der Waals surface area contributed by atoms with Crippen LogP contribution in [0.4, 0.5) is 4.79 Å². The molecular formula is C16H30O3. The second kappa shape index (κ2) is 8.23. The quantitative estimate of drug-likeness (QED) is 0.447. The van der Waals surface area contributed by atoms with Crippen molar-refractivity contribution in [2.24, 2.45) is 0 Å². The third kappa shape index (κ3) is 7.91. The van der Waals surface area contributed by atoms with E-state index in [0.717, 1.165) is 38.5 Å². The van der Waals surface area contributed by atoms with Gasteiger partial charge in [0.1, 0.15) is 11.2 Å². The summed E-state index contributed by atoms with van der Waals surface area (Å²) in [6.07, 6.45) is 6.95. The molecule has 0 radical (unpaired) electrons. The van der Waals surface area contributed by atoms with Gasteiger partial charge in [-0.1, -0.05) is 33.3 Å². The summed E-state index contributed by atoms with van der Waals surface area (Å²) in [5.74, 6) is 0. The first-order valence-electron chi connectivity index (χ1n) is 7.34. The number of ether oxygens (including phenoxy) is 2. The minimum atomic E-state index is -0.598. The van der Waals surface area contributed by atoms with Gasteiger partial charge in [-0.2, -0.15) is 0 Å². The smallest absolute Gasteiger partial charge is 0.429 e. The zero-order chi connectivity index (χ0) is 14.9. The second-order valence-electron chi connectivity index (χ2n) is 6.04. The summed E-state index contributed by atoms with van der Waals surface area (Å²) in [6, 6.07) is 0. The molecule has 19 heavy (non-hydrogen) atoms. The highest BCUT2D eigenvalue weighted by atomic mass is 16.7. The van der Waals surface area contributed by atoms with E-state index in [4.69, 9.17) is 9.47 Å². The van der Waals surface area contributed by atoms with Crippen molar-refractivity contribution in [2.75, 3.05) is 0 Å². The Morgan fingerprint density at radius 1 is 1.05 bits per heavy atom. The summed E-state index contributed by atoms with van der Waals surface area (Å²) in [5, 5.41) is 0. The largest absolute Gasteiger partial charge is 0.509 e. The summed E-state index contributed by atoms with van der Waals surface area (Å²) in [5.41, 5.74) is -1.10. The minimum Gasteiger partial charge on any atom is -0.429 e. The number of hydrogen-bond donors (Lipinski definition) is 0. The Balaban J connectivity index is 4.71. The average molecular weight is 270 g/mol. The molecule has 0 rings (SSSR count). The maximum Gasteiger partial charge on any atom is 0.509 e. The van der Waals surface area contributed by atoms with Gasteiger partial charge in [0.25, 0.3) is 0 Å². The van der Waals surface area contributed by atoms with Crippen molar-refractivity contribution in [3.8, 4) is 0 Å². The van der Waals surface area contributed by atoms with Gasteiger partial charge in [-0.25, -0.2) is 4.79 Å². The summed E-state index contributed by atoms with van der Waals surface area (Å²) < 4.78 is 10.8. The predicted molar refractivity (Wildman–Crippen MR) is 79.3 cm³/mol. The van der Waals surface area contributed by atoms with Crippen LogP contribution in [0.15, 0.2) is 12.7 Å². The van der Waals surface area contributed by atoms with Crippen molar-refractivity contribution in [1.29, 1.82) is 0 Å². The molecule has 0 saturated carbocycles. The number of carbonyl (C=O) groups is 1. The Kier molecular flexibility index (Phi) is 7.81. The van der Waals surface area contributed by atoms with Gasteiger partial charge in [0.2, 0.25) is 0 Å². The number of hydrogen-bond acceptors (Lipinski definition) is 3. The molecule has 3 nitrogen and oxygen atoms in total. The monoisotopic (exact) mass is 270 g/mol. The van der Waals surface area contributed by atoms with Crippen LogP contribution in [0, 0.1) is 0 Å². The zero-order valence-electron chi connectivity index (χ0n) is 13.3. The lowest BCUT2D eigenvalue weighted by Crippen LogP contribution is -2.36.